The molecule has 27 heavy (non-hydrogen) atoms. The van der Waals surface area contributed by atoms with Crippen molar-refractivity contribution in [1.29, 1.82) is 5.26 Å². The molecule has 0 amide bonds. The largest absolute Gasteiger partial charge is 0.488 e. The number of hydrogen-bond donors (Lipinski definition) is 0. The van der Waals surface area contributed by atoms with Gasteiger partial charge in [0.05, 0.1) is 4.47 Å². The molecule has 1 aromatic heterocycles. The molecule has 0 unspecified atom stereocenters. The third-order valence-electron chi connectivity index (χ3n) is 4.07. The van der Waals surface area contributed by atoms with Crippen LogP contribution >= 0.6 is 31.9 Å². The summed E-state index contributed by atoms with van der Waals surface area (Å²) in [7, 11) is 0. The predicted octanol–water partition coefficient (Wildman–Crippen LogP) is 6.62. The fraction of sp³-hybridized carbons (Fsp3) is 0.143. The fourth-order valence-corrected chi connectivity index (χ4v) is 3.20. The highest BCUT2D eigenvalue weighted by molar-refractivity contribution is 9.10. The lowest BCUT2D eigenvalue weighted by atomic mass is 10.2. The zero-order chi connectivity index (χ0) is 19.4. The van der Waals surface area contributed by atoms with Gasteiger partial charge in [0, 0.05) is 16.3 Å². The van der Waals surface area contributed by atoms with Crippen LogP contribution in [0.3, 0.4) is 0 Å². The Morgan fingerprint density at radius 2 is 1.89 bits per heavy atom. The van der Waals surface area contributed by atoms with Crippen molar-refractivity contribution in [2.75, 3.05) is 0 Å². The van der Waals surface area contributed by atoms with Gasteiger partial charge in [-0.2, -0.15) is 5.26 Å². The summed E-state index contributed by atoms with van der Waals surface area (Å²) in [6.07, 6.45) is 1.67. The predicted molar refractivity (Wildman–Crippen MR) is 113 cm³/mol. The average Bonchev–Trinajstić information content (AvgIpc) is 2.94. The molecule has 3 aromatic rings. The number of aryl methyl sites for hydroxylation is 1. The maximum atomic E-state index is 9.25. The third-order valence-corrected chi connectivity index (χ3v) is 5.22. The van der Waals surface area contributed by atoms with Gasteiger partial charge in [-0.3, -0.25) is 0 Å². The Labute approximate surface area is 174 Å². The molecule has 0 N–H and O–H groups in total. The van der Waals surface area contributed by atoms with Crippen molar-refractivity contribution < 1.29 is 9.15 Å². The lowest BCUT2D eigenvalue weighted by molar-refractivity contribution is 0.304. The van der Waals surface area contributed by atoms with E-state index in [-0.39, 0.29) is 0 Å². The molecule has 136 valence electrons. The van der Waals surface area contributed by atoms with Gasteiger partial charge >= 0.3 is 0 Å². The molecule has 2 aromatic carbocycles. The van der Waals surface area contributed by atoms with Crippen molar-refractivity contribution in [3.63, 3.8) is 0 Å². The second kappa shape index (κ2) is 8.55. The summed E-state index contributed by atoms with van der Waals surface area (Å²) >= 11 is 6.95. The van der Waals surface area contributed by atoms with E-state index in [1.807, 2.05) is 56.3 Å². The number of nitrogens with zero attached hydrogens (tertiary/aromatic N) is 2. The maximum Gasteiger partial charge on any atom is 0.237 e. The summed E-state index contributed by atoms with van der Waals surface area (Å²) in [6, 6.07) is 15.8. The Balaban J connectivity index is 1.72. The zero-order valence-corrected chi connectivity index (χ0v) is 18.0. The lowest BCUT2D eigenvalue weighted by Crippen LogP contribution is -1.96. The van der Waals surface area contributed by atoms with Crippen molar-refractivity contribution >= 4 is 44.0 Å². The van der Waals surface area contributed by atoms with Crippen LogP contribution in [0, 0.1) is 25.2 Å². The van der Waals surface area contributed by atoms with Crippen molar-refractivity contribution in [3.05, 3.63) is 79.4 Å². The molecular weight excluding hydrogens is 472 g/mol. The SMILES string of the molecule is Cc1oc(N=Cc2ccc(OCc3ccc(Br)cc3)c(Br)c2)c(C#N)c1C. The highest BCUT2D eigenvalue weighted by Gasteiger charge is 2.13. The van der Waals surface area contributed by atoms with E-state index in [9.17, 15) is 5.26 Å². The number of benzene rings is 2. The quantitative estimate of drug-likeness (QED) is 0.380. The second-order valence-electron chi connectivity index (χ2n) is 5.94. The normalized spacial score (nSPS) is 10.9. The van der Waals surface area contributed by atoms with E-state index in [1.165, 1.54) is 0 Å². The number of halogens is 2. The minimum Gasteiger partial charge on any atom is -0.488 e. The Morgan fingerprint density at radius 3 is 2.56 bits per heavy atom. The van der Waals surface area contributed by atoms with Gasteiger partial charge in [0.2, 0.25) is 5.88 Å². The molecule has 0 aliphatic rings. The number of ether oxygens (including phenoxy) is 1. The Hall–Kier alpha value is -2.36. The van der Waals surface area contributed by atoms with E-state index in [4.69, 9.17) is 9.15 Å². The molecule has 4 nitrogen and oxygen atoms in total. The third kappa shape index (κ3) is 4.68. The molecule has 0 fully saturated rings. The Morgan fingerprint density at radius 1 is 1.15 bits per heavy atom. The molecule has 1 heterocycles. The van der Waals surface area contributed by atoms with Crippen LogP contribution in [-0.4, -0.2) is 6.21 Å². The van der Waals surface area contributed by atoms with E-state index in [0.717, 1.165) is 31.4 Å². The van der Waals surface area contributed by atoms with Crippen LogP contribution < -0.4 is 4.74 Å². The van der Waals surface area contributed by atoms with Crippen LogP contribution in [0.4, 0.5) is 5.88 Å². The van der Waals surface area contributed by atoms with E-state index >= 15 is 0 Å². The molecule has 3 rings (SSSR count). The van der Waals surface area contributed by atoms with Gasteiger partial charge in [0.25, 0.3) is 0 Å². The maximum absolute atomic E-state index is 9.25. The van der Waals surface area contributed by atoms with Gasteiger partial charge in [-0.25, -0.2) is 4.99 Å². The second-order valence-corrected chi connectivity index (χ2v) is 7.71. The van der Waals surface area contributed by atoms with Gasteiger partial charge < -0.3 is 9.15 Å². The van der Waals surface area contributed by atoms with Gasteiger partial charge in [-0.05, 0) is 71.2 Å². The topological polar surface area (TPSA) is 58.5 Å². The fourth-order valence-electron chi connectivity index (χ4n) is 2.42. The molecule has 0 aliphatic heterocycles. The van der Waals surface area contributed by atoms with Crippen molar-refractivity contribution in [2.45, 2.75) is 20.5 Å². The molecule has 0 bridgehead atoms. The van der Waals surface area contributed by atoms with E-state index < -0.39 is 0 Å². The Bertz CT molecular complexity index is 1030. The van der Waals surface area contributed by atoms with Gasteiger partial charge in [0.15, 0.2) is 0 Å². The summed E-state index contributed by atoms with van der Waals surface area (Å²) in [5, 5.41) is 9.25. The first kappa shape index (κ1) is 19.4. The summed E-state index contributed by atoms with van der Waals surface area (Å²) < 4.78 is 13.3. The summed E-state index contributed by atoms with van der Waals surface area (Å²) in [5.41, 5.74) is 3.25. The summed E-state index contributed by atoms with van der Waals surface area (Å²) in [4.78, 5) is 4.32. The van der Waals surface area contributed by atoms with Crippen LogP contribution in [-0.2, 0) is 6.61 Å². The van der Waals surface area contributed by atoms with Crippen LogP contribution in [0.15, 0.2) is 60.8 Å². The smallest absolute Gasteiger partial charge is 0.237 e. The van der Waals surface area contributed by atoms with Crippen molar-refractivity contribution in [1.82, 2.24) is 0 Å². The number of furan rings is 1. The number of hydrogen-bond acceptors (Lipinski definition) is 4. The standard InChI is InChI=1S/C21H16Br2N2O2/c1-13-14(2)27-21(18(13)10-24)25-11-16-5-8-20(19(23)9-16)26-12-15-3-6-17(22)7-4-15/h3-9,11H,12H2,1-2H3. The molecule has 0 spiro atoms. The number of nitriles is 1. The Kier molecular flexibility index (Phi) is 6.15. The van der Waals surface area contributed by atoms with E-state index in [1.54, 1.807) is 6.21 Å². The minimum absolute atomic E-state index is 0.333. The molecular formula is C21H16Br2N2O2. The molecule has 6 heteroatoms. The molecule has 0 radical (unpaired) electrons. The van der Waals surface area contributed by atoms with Crippen LogP contribution in [0.5, 0.6) is 5.75 Å². The summed E-state index contributed by atoms with van der Waals surface area (Å²) in [5.74, 6) is 1.79. The number of aliphatic imine (C=N–C) groups is 1. The first-order valence-electron chi connectivity index (χ1n) is 8.19. The highest BCUT2D eigenvalue weighted by Crippen LogP contribution is 2.29. The molecule has 0 saturated heterocycles. The van der Waals surface area contributed by atoms with Gasteiger partial charge in [-0.15, -0.1) is 0 Å². The zero-order valence-electron chi connectivity index (χ0n) is 14.8. The van der Waals surface area contributed by atoms with Crippen LogP contribution in [0.25, 0.3) is 0 Å². The van der Waals surface area contributed by atoms with Gasteiger partial charge in [0.1, 0.15) is 29.7 Å². The molecule has 0 aliphatic carbocycles. The average molecular weight is 488 g/mol. The molecule has 0 atom stereocenters. The first-order valence-corrected chi connectivity index (χ1v) is 9.77. The van der Waals surface area contributed by atoms with Crippen molar-refractivity contribution in [2.24, 2.45) is 4.99 Å². The summed E-state index contributed by atoms with van der Waals surface area (Å²) in [6.45, 7) is 4.16. The van der Waals surface area contributed by atoms with Crippen LogP contribution in [0.2, 0.25) is 0 Å². The van der Waals surface area contributed by atoms with E-state index in [0.29, 0.717) is 23.8 Å². The first-order chi connectivity index (χ1) is 13.0. The van der Waals surface area contributed by atoms with Crippen LogP contribution in [0.1, 0.15) is 28.0 Å². The molecule has 0 saturated carbocycles. The van der Waals surface area contributed by atoms with Gasteiger partial charge in [-0.1, -0.05) is 28.1 Å². The lowest BCUT2D eigenvalue weighted by Gasteiger charge is -2.09. The minimum atomic E-state index is 0.333. The van der Waals surface area contributed by atoms with Crippen molar-refractivity contribution in [3.8, 4) is 11.8 Å². The van der Waals surface area contributed by atoms with E-state index in [2.05, 4.69) is 42.9 Å². The monoisotopic (exact) mass is 486 g/mol. The highest BCUT2D eigenvalue weighted by atomic mass is 79.9. The number of rotatable bonds is 5.